The van der Waals surface area contributed by atoms with Gasteiger partial charge in [-0.25, -0.2) is 0 Å². The Labute approximate surface area is 175 Å². The third kappa shape index (κ3) is 25.7. The molecule has 0 N–H and O–H groups in total. The number of hydrogen-bond donors (Lipinski definition) is 0. The van der Waals surface area contributed by atoms with Crippen molar-refractivity contribution in [3.8, 4) is 0 Å². The molecule has 0 saturated carbocycles. The molecule has 3 nitrogen and oxygen atoms in total. The average Bonchev–Trinajstić information content (AvgIpc) is 2.75. The van der Waals surface area contributed by atoms with Crippen LogP contribution >= 0.6 is 0 Å². The third-order valence-electron chi connectivity index (χ3n) is 2.47. The van der Waals surface area contributed by atoms with Crippen LogP contribution in [0.25, 0.3) is 0 Å². The fourth-order valence-corrected chi connectivity index (χ4v) is 1.32. The van der Waals surface area contributed by atoms with Gasteiger partial charge in [0.2, 0.25) is 0 Å². The van der Waals surface area contributed by atoms with E-state index in [1.54, 1.807) is 24.8 Å². The van der Waals surface area contributed by atoms with Gasteiger partial charge in [0, 0.05) is 36.7 Å². The summed E-state index contributed by atoms with van der Waals surface area (Å²) >= 11 is 0. The van der Waals surface area contributed by atoms with E-state index in [1.165, 1.54) is 11.1 Å². The zero-order chi connectivity index (χ0) is 21.3. The van der Waals surface area contributed by atoms with E-state index in [4.69, 9.17) is 0 Å². The Morgan fingerprint density at radius 1 is 0.536 bits per heavy atom. The lowest BCUT2D eigenvalue weighted by Crippen LogP contribution is -1.72. The molecule has 3 heteroatoms. The van der Waals surface area contributed by atoms with Gasteiger partial charge in [0.1, 0.15) is 0 Å². The lowest BCUT2D eigenvalue weighted by molar-refractivity contribution is 1.20. The summed E-state index contributed by atoms with van der Waals surface area (Å²) in [6, 6.07) is 13.7. The summed E-state index contributed by atoms with van der Waals surface area (Å²) in [6.07, 6.45) is 8.97. The monoisotopic (exact) mass is 385 g/mol. The number of hydrogen-bond acceptors (Lipinski definition) is 3. The van der Waals surface area contributed by atoms with E-state index in [1.807, 2.05) is 111 Å². The summed E-state index contributed by atoms with van der Waals surface area (Å²) in [5.41, 5.74) is 3.54. The smallest absolute Gasteiger partial charge is 0.0372 e. The van der Waals surface area contributed by atoms with Crippen molar-refractivity contribution in [1.29, 1.82) is 0 Å². The van der Waals surface area contributed by atoms with E-state index in [2.05, 4.69) is 15.0 Å². The van der Waals surface area contributed by atoms with Crippen LogP contribution in [0.3, 0.4) is 0 Å². The molecule has 0 bridgehead atoms. The minimum Gasteiger partial charge on any atom is -0.265 e. The second-order valence-electron chi connectivity index (χ2n) is 4.53. The third-order valence-corrected chi connectivity index (χ3v) is 2.47. The molecular weight excluding hydrogens is 342 g/mol. The molecule has 0 radical (unpaired) electrons. The molecule has 0 aromatic carbocycles. The molecule has 3 aromatic rings. The summed E-state index contributed by atoms with van der Waals surface area (Å²) in [4.78, 5) is 11.7. The quantitative estimate of drug-likeness (QED) is 0.395. The number of pyridine rings is 3. The van der Waals surface area contributed by atoms with Crippen molar-refractivity contribution in [3.63, 3.8) is 0 Å². The highest BCUT2D eigenvalue weighted by Gasteiger charge is 1.74. The van der Waals surface area contributed by atoms with Gasteiger partial charge in [-0.2, -0.15) is 0 Å². The second kappa shape index (κ2) is 29.2. The van der Waals surface area contributed by atoms with Gasteiger partial charge in [-0.05, 0) is 62.2 Å². The zero-order valence-electron chi connectivity index (χ0n) is 18.8. The number of aromatic nitrogens is 3. The Hall–Kier alpha value is -2.55. The molecule has 0 spiro atoms. The summed E-state index contributed by atoms with van der Waals surface area (Å²) in [5.74, 6) is 0. The van der Waals surface area contributed by atoms with Gasteiger partial charge in [0.05, 0.1) is 0 Å². The minimum atomic E-state index is 0. The van der Waals surface area contributed by atoms with Crippen LogP contribution in [0, 0.1) is 20.8 Å². The summed E-state index contributed by atoms with van der Waals surface area (Å²) in [7, 11) is 0. The Morgan fingerprint density at radius 2 is 1.11 bits per heavy atom. The van der Waals surface area contributed by atoms with Gasteiger partial charge in [-0.15, -0.1) is 0 Å². The molecule has 3 heterocycles. The van der Waals surface area contributed by atoms with Crippen LogP contribution in [0.5, 0.6) is 0 Å². The largest absolute Gasteiger partial charge is 0.265 e. The van der Waals surface area contributed by atoms with Crippen molar-refractivity contribution in [2.75, 3.05) is 0 Å². The average molecular weight is 386 g/mol. The molecule has 3 rings (SSSR count). The van der Waals surface area contributed by atoms with Gasteiger partial charge < -0.3 is 0 Å². The molecule has 0 amide bonds. The van der Waals surface area contributed by atoms with E-state index in [0.717, 1.165) is 5.69 Å². The highest BCUT2D eigenvalue weighted by molar-refractivity contribution is 5.06. The van der Waals surface area contributed by atoms with Crippen LogP contribution in [0.4, 0.5) is 0 Å². The molecule has 0 fully saturated rings. The highest BCUT2D eigenvalue weighted by Crippen LogP contribution is 1.89. The van der Waals surface area contributed by atoms with Gasteiger partial charge in [-0.3, -0.25) is 15.0 Å². The van der Waals surface area contributed by atoms with E-state index >= 15 is 0 Å². The lowest BCUT2D eigenvalue weighted by Gasteiger charge is -1.82. The molecule has 0 aliphatic carbocycles. The van der Waals surface area contributed by atoms with Crippen LogP contribution in [0.15, 0.2) is 73.4 Å². The van der Waals surface area contributed by atoms with Crippen molar-refractivity contribution in [1.82, 2.24) is 15.0 Å². The molecule has 0 unspecified atom stereocenters. The first kappa shape index (κ1) is 33.1. The normalized spacial score (nSPS) is 7.18. The molecule has 0 saturated heterocycles. The number of rotatable bonds is 0. The summed E-state index contributed by atoms with van der Waals surface area (Å²) < 4.78 is 0. The van der Waals surface area contributed by atoms with E-state index in [0.29, 0.717) is 0 Å². The Bertz CT molecular complexity index is 493. The summed E-state index contributed by atoms with van der Waals surface area (Å²) in [5, 5.41) is 0. The van der Waals surface area contributed by atoms with Gasteiger partial charge >= 0.3 is 0 Å². The fraction of sp³-hybridized carbons (Fsp3) is 0.400. The highest BCUT2D eigenvalue weighted by atomic mass is 14.6. The Kier molecular flexibility index (Phi) is 34.5. The number of aryl methyl sites for hydroxylation is 3. The predicted molar refractivity (Wildman–Crippen MR) is 128 cm³/mol. The van der Waals surface area contributed by atoms with Gasteiger partial charge in [0.15, 0.2) is 0 Å². The SMILES string of the molecule is C.CC.CC.CC.Cc1ccccn1.Cc1cccnc1.Cc1ccncc1. The van der Waals surface area contributed by atoms with Crippen LogP contribution in [-0.4, -0.2) is 15.0 Å². The molecule has 28 heavy (non-hydrogen) atoms. The lowest BCUT2D eigenvalue weighted by atomic mass is 10.3. The van der Waals surface area contributed by atoms with Crippen LogP contribution in [0.2, 0.25) is 0 Å². The second-order valence-corrected chi connectivity index (χ2v) is 4.53. The van der Waals surface area contributed by atoms with E-state index < -0.39 is 0 Å². The molecule has 158 valence electrons. The first-order valence-corrected chi connectivity index (χ1v) is 9.79. The minimum absolute atomic E-state index is 0. The van der Waals surface area contributed by atoms with E-state index in [9.17, 15) is 0 Å². The topological polar surface area (TPSA) is 38.7 Å². The summed E-state index contributed by atoms with van der Waals surface area (Å²) in [6.45, 7) is 18.0. The van der Waals surface area contributed by atoms with Crippen molar-refractivity contribution < 1.29 is 0 Å². The number of nitrogens with zero attached hydrogens (tertiary/aromatic N) is 3. The Morgan fingerprint density at radius 3 is 1.32 bits per heavy atom. The van der Waals surface area contributed by atoms with E-state index in [-0.39, 0.29) is 7.43 Å². The molecule has 3 aromatic heterocycles. The van der Waals surface area contributed by atoms with Gasteiger partial charge in [-0.1, -0.05) is 61.1 Å². The van der Waals surface area contributed by atoms with Crippen molar-refractivity contribution >= 4 is 0 Å². The Balaban J connectivity index is -0.000000134. The van der Waals surface area contributed by atoms with Crippen molar-refractivity contribution in [2.45, 2.75) is 69.7 Å². The molecule has 0 aliphatic heterocycles. The van der Waals surface area contributed by atoms with Crippen LogP contribution in [0.1, 0.15) is 65.8 Å². The van der Waals surface area contributed by atoms with Crippen LogP contribution < -0.4 is 0 Å². The van der Waals surface area contributed by atoms with Crippen molar-refractivity contribution in [2.24, 2.45) is 0 Å². The predicted octanol–water partition coefficient (Wildman–Crippen LogP) is 7.88. The molecule has 0 atom stereocenters. The van der Waals surface area contributed by atoms with Gasteiger partial charge in [0.25, 0.3) is 0 Å². The maximum absolute atomic E-state index is 3.98. The maximum atomic E-state index is 3.98. The standard InChI is InChI=1S/3C6H7N.3C2H6.CH4/c1-6-2-4-7-5-3-6;1-6-3-2-4-7-5-6;1-6-4-2-3-5-7-6;3*1-2;/h3*2-5H,1H3;3*1-2H3;1H4. The fourth-order valence-electron chi connectivity index (χ4n) is 1.32. The zero-order valence-corrected chi connectivity index (χ0v) is 18.8. The van der Waals surface area contributed by atoms with Crippen molar-refractivity contribution in [3.05, 3.63) is 90.3 Å². The van der Waals surface area contributed by atoms with Crippen LogP contribution in [-0.2, 0) is 0 Å². The first-order valence-electron chi connectivity index (χ1n) is 9.79. The first-order chi connectivity index (χ1) is 13.2. The maximum Gasteiger partial charge on any atom is 0.0372 e. The molecule has 0 aliphatic rings. The molecular formula is C25H43N3.